The molecule has 0 aliphatic carbocycles. The SMILES string of the molecule is CCNC(Cc1cccc(F)c1Cl)C1CN2CCN1CC2. The second-order valence-electron chi connectivity index (χ2n) is 5.99. The van der Waals surface area contributed by atoms with E-state index in [2.05, 4.69) is 22.0 Å². The van der Waals surface area contributed by atoms with Gasteiger partial charge >= 0.3 is 0 Å². The Morgan fingerprint density at radius 3 is 2.71 bits per heavy atom. The summed E-state index contributed by atoms with van der Waals surface area (Å²) in [5.74, 6) is -0.321. The fraction of sp³-hybridized carbons (Fsp3) is 0.625. The highest BCUT2D eigenvalue weighted by Crippen LogP contribution is 2.25. The number of nitrogens with zero attached hydrogens (tertiary/aromatic N) is 2. The Bertz CT molecular complexity index is 488. The van der Waals surface area contributed by atoms with E-state index in [1.165, 1.54) is 19.2 Å². The van der Waals surface area contributed by atoms with Gasteiger partial charge in [-0.1, -0.05) is 30.7 Å². The quantitative estimate of drug-likeness (QED) is 0.897. The van der Waals surface area contributed by atoms with E-state index in [0.717, 1.165) is 38.2 Å². The van der Waals surface area contributed by atoms with Crippen LogP contribution in [0.1, 0.15) is 12.5 Å². The normalized spacial score (nSPS) is 29.6. The average molecular weight is 312 g/mol. The van der Waals surface area contributed by atoms with E-state index in [0.29, 0.717) is 12.1 Å². The lowest BCUT2D eigenvalue weighted by molar-refractivity contribution is -0.00289. The fourth-order valence-corrected chi connectivity index (χ4v) is 3.79. The Balaban J connectivity index is 1.77. The predicted molar refractivity (Wildman–Crippen MR) is 84.4 cm³/mol. The van der Waals surface area contributed by atoms with Gasteiger partial charge in [0.25, 0.3) is 0 Å². The van der Waals surface area contributed by atoms with Gasteiger partial charge in [-0.2, -0.15) is 0 Å². The first-order valence-corrected chi connectivity index (χ1v) is 8.19. The lowest BCUT2D eigenvalue weighted by atomic mass is 9.94. The summed E-state index contributed by atoms with van der Waals surface area (Å²) < 4.78 is 13.6. The fourth-order valence-electron chi connectivity index (χ4n) is 3.59. The van der Waals surface area contributed by atoms with E-state index in [1.807, 2.05) is 6.07 Å². The molecule has 1 aromatic carbocycles. The number of nitrogens with one attached hydrogen (secondary N) is 1. The Labute approximate surface area is 131 Å². The third kappa shape index (κ3) is 3.24. The molecule has 0 amide bonds. The molecule has 5 heteroatoms. The van der Waals surface area contributed by atoms with Crippen LogP contribution in [0.25, 0.3) is 0 Å². The number of likely N-dealkylation sites (N-methyl/N-ethyl adjacent to an activating group) is 1. The van der Waals surface area contributed by atoms with Gasteiger partial charge in [-0.15, -0.1) is 0 Å². The molecule has 0 saturated carbocycles. The highest BCUT2D eigenvalue weighted by Gasteiger charge is 2.36. The summed E-state index contributed by atoms with van der Waals surface area (Å²) in [4.78, 5) is 5.10. The molecule has 0 radical (unpaired) electrons. The molecule has 2 unspecified atom stereocenters. The smallest absolute Gasteiger partial charge is 0.142 e. The molecule has 21 heavy (non-hydrogen) atoms. The minimum atomic E-state index is -0.321. The van der Waals surface area contributed by atoms with Crippen LogP contribution in [0.2, 0.25) is 5.02 Å². The molecule has 1 aromatic rings. The van der Waals surface area contributed by atoms with Crippen molar-refractivity contribution < 1.29 is 4.39 Å². The van der Waals surface area contributed by atoms with E-state index in [-0.39, 0.29) is 10.8 Å². The van der Waals surface area contributed by atoms with Crippen molar-refractivity contribution in [3.8, 4) is 0 Å². The minimum Gasteiger partial charge on any atom is -0.312 e. The van der Waals surface area contributed by atoms with Gasteiger partial charge in [0.2, 0.25) is 0 Å². The van der Waals surface area contributed by atoms with Crippen molar-refractivity contribution in [2.24, 2.45) is 0 Å². The van der Waals surface area contributed by atoms with Crippen molar-refractivity contribution in [1.82, 2.24) is 15.1 Å². The highest BCUT2D eigenvalue weighted by atomic mass is 35.5. The van der Waals surface area contributed by atoms with E-state index in [9.17, 15) is 4.39 Å². The summed E-state index contributed by atoms with van der Waals surface area (Å²) in [5.41, 5.74) is 0.903. The average Bonchev–Trinajstić information content (AvgIpc) is 2.52. The topological polar surface area (TPSA) is 18.5 Å². The maximum atomic E-state index is 13.6. The lowest BCUT2D eigenvalue weighted by Gasteiger charge is -2.50. The van der Waals surface area contributed by atoms with E-state index < -0.39 is 0 Å². The Hall–Kier alpha value is -0.680. The number of fused-ring (bicyclic) bond motifs is 3. The van der Waals surface area contributed by atoms with Crippen LogP contribution in [0.3, 0.4) is 0 Å². The van der Waals surface area contributed by atoms with Crippen LogP contribution in [0, 0.1) is 5.82 Å². The molecule has 3 fully saturated rings. The molecule has 1 N–H and O–H groups in total. The van der Waals surface area contributed by atoms with Crippen molar-refractivity contribution in [3.05, 3.63) is 34.6 Å². The monoisotopic (exact) mass is 311 g/mol. The Morgan fingerprint density at radius 2 is 2.10 bits per heavy atom. The van der Waals surface area contributed by atoms with Gasteiger partial charge in [0.1, 0.15) is 5.82 Å². The Kier molecular flexibility index (Phi) is 4.79. The summed E-state index contributed by atoms with van der Waals surface area (Å²) in [6.07, 6.45) is 0.777. The maximum absolute atomic E-state index is 13.6. The number of halogens is 2. The zero-order valence-electron chi connectivity index (χ0n) is 12.5. The lowest BCUT2D eigenvalue weighted by Crippen LogP contribution is -2.66. The highest BCUT2D eigenvalue weighted by molar-refractivity contribution is 6.31. The molecule has 0 aromatic heterocycles. The van der Waals surface area contributed by atoms with Crippen LogP contribution in [0.4, 0.5) is 4.39 Å². The standard InChI is InChI=1S/C16H23ClFN3/c1-2-19-14(10-12-4-3-5-13(18)16(12)17)15-11-20-6-8-21(15)9-7-20/h3-5,14-15,19H,2,6-11H2,1H3. The summed E-state index contributed by atoms with van der Waals surface area (Å²) in [6.45, 7) is 8.78. The number of benzene rings is 1. The van der Waals surface area contributed by atoms with Gasteiger partial charge in [-0.05, 0) is 24.6 Å². The van der Waals surface area contributed by atoms with E-state index in [1.54, 1.807) is 6.07 Å². The minimum absolute atomic E-state index is 0.275. The zero-order chi connectivity index (χ0) is 14.8. The Morgan fingerprint density at radius 1 is 1.33 bits per heavy atom. The van der Waals surface area contributed by atoms with E-state index >= 15 is 0 Å². The first kappa shape index (κ1) is 15.2. The zero-order valence-corrected chi connectivity index (χ0v) is 13.2. The maximum Gasteiger partial charge on any atom is 0.142 e. The molecule has 3 heterocycles. The van der Waals surface area contributed by atoms with Gasteiger partial charge in [0.05, 0.1) is 5.02 Å². The summed E-state index contributed by atoms with van der Waals surface area (Å²) >= 11 is 6.13. The van der Waals surface area contributed by atoms with Crippen molar-refractivity contribution >= 4 is 11.6 Å². The number of hydrogen-bond acceptors (Lipinski definition) is 3. The van der Waals surface area contributed by atoms with Crippen molar-refractivity contribution in [2.45, 2.75) is 25.4 Å². The number of rotatable bonds is 5. The molecule has 4 rings (SSSR count). The van der Waals surface area contributed by atoms with Crippen LogP contribution in [0.15, 0.2) is 18.2 Å². The van der Waals surface area contributed by atoms with Crippen LogP contribution < -0.4 is 5.32 Å². The number of hydrogen-bond donors (Lipinski definition) is 1. The first-order chi connectivity index (χ1) is 10.2. The molecular formula is C16H23ClFN3. The largest absolute Gasteiger partial charge is 0.312 e. The molecule has 0 spiro atoms. The van der Waals surface area contributed by atoms with Crippen LogP contribution in [-0.4, -0.2) is 61.2 Å². The van der Waals surface area contributed by atoms with Gasteiger partial charge in [-0.3, -0.25) is 9.80 Å². The van der Waals surface area contributed by atoms with Gasteiger partial charge in [-0.25, -0.2) is 4.39 Å². The molecule has 3 aliphatic rings. The first-order valence-electron chi connectivity index (χ1n) is 7.81. The van der Waals surface area contributed by atoms with Crippen molar-refractivity contribution in [2.75, 3.05) is 39.3 Å². The molecule has 3 aliphatic heterocycles. The second kappa shape index (κ2) is 6.61. The van der Waals surface area contributed by atoms with Crippen molar-refractivity contribution in [1.29, 1.82) is 0 Å². The van der Waals surface area contributed by atoms with E-state index in [4.69, 9.17) is 11.6 Å². The molecule has 3 saturated heterocycles. The third-order valence-corrected chi connectivity index (χ3v) is 5.15. The van der Waals surface area contributed by atoms with Crippen molar-refractivity contribution in [3.63, 3.8) is 0 Å². The summed E-state index contributed by atoms with van der Waals surface area (Å²) in [7, 11) is 0. The number of piperazine rings is 3. The summed E-state index contributed by atoms with van der Waals surface area (Å²) in [5, 5.41) is 3.86. The molecule has 2 atom stereocenters. The van der Waals surface area contributed by atoms with Crippen LogP contribution >= 0.6 is 11.6 Å². The van der Waals surface area contributed by atoms with Gasteiger partial charge < -0.3 is 5.32 Å². The second-order valence-corrected chi connectivity index (χ2v) is 6.36. The van der Waals surface area contributed by atoms with Crippen LogP contribution in [0.5, 0.6) is 0 Å². The molecular weight excluding hydrogens is 289 g/mol. The third-order valence-electron chi connectivity index (χ3n) is 4.72. The molecule has 2 bridgehead atoms. The molecule has 3 nitrogen and oxygen atoms in total. The molecule has 116 valence electrons. The van der Waals surface area contributed by atoms with Gasteiger partial charge in [0.15, 0.2) is 0 Å². The summed E-state index contributed by atoms with van der Waals surface area (Å²) in [6, 6.07) is 5.92. The van der Waals surface area contributed by atoms with Crippen LogP contribution in [-0.2, 0) is 6.42 Å². The predicted octanol–water partition coefficient (Wildman–Crippen LogP) is 2.00. The van der Waals surface area contributed by atoms with Gasteiger partial charge in [0, 0.05) is 44.8 Å².